The van der Waals surface area contributed by atoms with Gasteiger partial charge in [0, 0.05) is 29.9 Å². The number of hydrogen-bond donors (Lipinski definition) is 1. The standard InChI is InChI=1S/C31H38N2O/c1-20(2)33-26-7-6-24-17-25-10-12-29(3)27(22-5-4-21-11-15-32-19-23(21)16-22)8-9-28(29)31(25)14-13-30(24,18-26)34-31/h4-5,10-11,15-17,19-20,26-28,33H,6-9,12-14,18H2,1-3H3/t26?,27?,28-,29?,30?,31-/m1/s1. The molecule has 6 atom stereocenters. The summed E-state index contributed by atoms with van der Waals surface area (Å²) in [5.41, 5.74) is 4.78. The fraction of sp³-hybridized carbons (Fsp3) is 0.581. The summed E-state index contributed by atoms with van der Waals surface area (Å²) in [4.78, 5) is 4.38. The number of fused-ring (bicyclic) bond motifs is 2. The van der Waals surface area contributed by atoms with E-state index in [1.54, 1.807) is 5.57 Å². The molecule has 3 nitrogen and oxygen atoms in total. The summed E-state index contributed by atoms with van der Waals surface area (Å²) in [6, 6.07) is 10.3. The first-order valence-corrected chi connectivity index (χ1v) is 13.6. The fourth-order valence-corrected chi connectivity index (χ4v) is 8.89. The maximum Gasteiger partial charge on any atom is 0.0974 e. The summed E-state index contributed by atoms with van der Waals surface area (Å²) in [7, 11) is 0. The molecule has 1 saturated heterocycles. The van der Waals surface area contributed by atoms with Crippen LogP contribution >= 0.6 is 0 Å². The summed E-state index contributed by atoms with van der Waals surface area (Å²) in [6.07, 6.45) is 18.8. The molecule has 1 aromatic carbocycles. The molecule has 2 spiro atoms. The second kappa shape index (κ2) is 7.27. The van der Waals surface area contributed by atoms with Gasteiger partial charge in [-0.05, 0) is 103 Å². The first kappa shape index (κ1) is 21.3. The highest BCUT2D eigenvalue weighted by atomic mass is 16.5. The normalized spacial score (nSPS) is 40.5. The van der Waals surface area contributed by atoms with Gasteiger partial charge in [0.1, 0.15) is 0 Å². The van der Waals surface area contributed by atoms with E-state index in [0.29, 0.717) is 23.9 Å². The van der Waals surface area contributed by atoms with E-state index in [1.165, 1.54) is 66.9 Å². The molecule has 3 fully saturated rings. The van der Waals surface area contributed by atoms with Crippen LogP contribution in [0.1, 0.15) is 83.6 Å². The Labute approximate surface area is 204 Å². The number of hydrogen-bond acceptors (Lipinski definition) is 3. The number of nitrogens with one attached hydrogen (secondary N) is 1. The number of nitrogens with zero attached hydrogens (tertiary/aromatic N) is 1. The lowest BCUT2D eigenvalue weighted by Gasteiger charge is -2.54. The van der Waals surface area contributed by atoms with E-state index in [-0.39, 0.29) is 16.6 Å². The number of aromatic nitrogens is 1. The molecule has 2 aromatic rings. The zero-order valence-electron chi connectivity index (χ0n) is 20.9. The van der Waals surface area contributed by atoms with Gasteiger partial charge in [0.05, 0.1) is 11.2 Å². The number of pyridine rings is 1. The molecule has 3 heterocycles. The molecule has 1 aromatic heterocycles. The average molecular weight is 455 g/mol. The molecule has 2 saturated carbocycles. The van der Waals surface area contributed by atoms with E-state index in [4.69, 9.17) is 4.74 Å². The van der Waals surface area contributed by atoms with Crippen molar-refractivity contribution in [3.05, 3.63) is 65.5 Å². The maximum atomic E-state index is 7.44. The predicted octanol–water partition coefficient (Wildman–Crippen LogP) is 6.84. The zero-order chi connectivity index (χ0) is 23.1. The minimum Gasteiger partial charge on any atom is -0.359 e. The van der Waals surface area contributed by atoms with Crippen LogP contribution < -0.4 is 5.32 Å². The molecule has 4 unspecified atom stereocenters. The second-order valence-corrected chi connectivity index (χ2v) is 12.5. The SMILES string of the molecule is CC(C)NC1CCC2=CC3=CCC4(C)C(c5ccc6ccncc6c5)CC[C@H]4[C@@]34CCC2(C1)O4. The first-order chi connectivity index (χ1) is 16.4. The molecule has 0 amide bonds. The Morgan fingerprint density at radius 1 is 1.09 bits per heavy atom. The highest BCUT2D eigenvalue weighted by Gasteiger charge is 2.66. The molecule has 7 rings (SSSR count). The van der Waals surface area contributed by atoms with Crippen molar-refractivity contribution in [2.45, 2.75) is 101 Å². The van der Waals surface area contributed by atoms with Crippen LogP contribution in [-0.4, -0.2) is 28.3 Å². The molecule has 5 aliphatic rings. The van der Waals surface area contributed by atoms with Crippen LogP contribution in [0.2, 0.25) is 0 Å². The van der Waals surface area contributed by atoms with Crippen molar-refractivity contribution >= 4 is 10.8 Å². The minimum atomic E-state index is -0.0661. The molecular formula is C31H38N2O. The Morgan fingerprint density at radius 3 is 2.88 bits per heavy atom. The van der Waals surface area contributed by atoms with Gasteiger partial charge in [-0.2, -0.15) is 0 Å². The van der Waals surface area contributed by atoms with Crippen LogP contribution in [0, 0.1) is 11.3 Å². The topological polar surface area (TPSA) is 34.2 Å². The summed E-state index contributed by atoms with van der Waals surface area (Å²) >= 11 is 0. The van der Waals surface area contributed by atoms with Gasteiger partial charge in [-0.15, -0.1) is 0 Å². The van der Waals surface area contributed by atoms with Crippen molar-refractivity contribution < 1.29 is 4.74 Å². The fourth-order valence-electron chi connectivity index (χ4n) is 8.89. The van der Waals surface area contributed by atoms with Gasteiger partial charge in [0.25, 0.3) is 0 Å². The molecule has 34 heavy (non-hydrogen) atoms. The maximum absolute atomic E-state index is 7.44. The van der Waals surface area contributed by atoms with Crippen molar-refractivity contribution in [3.63, 3.8) is 0 Å². The quantitative estimate of drug-likeness (QED) is 0.551. The van der Waals surface area contributed by atoms with Crippen molar-refractivity contribution in [1.82, 2.24) is 10.3 Å². The monoisotopic (exact) mass is 454 g/mol. The van der Waals surface area contributed by atoms with Crippen LogP contribution in [0.4, 0.5) is 0 Å². The third kappa shape index (κ3) is 2.86. The van der Waals surface area contributed by atoms with Crippen molar-refractivity contribution in [1.29, 1.82) is 0 Å². The Kier molecular flexibility index (Phi) is 4.56. The van der Waals surface area contributed by atoms with Crippen LogP contribution in [0.15, 0.2) is 60.0 Å². The van der Waals surface area contributed by atoms with Crippen LogP contribution in [0.25, 0.3) is 10.8 Å². The summed E-state index contributed by atoms with van der Waals surface area (Å²) in [5, 5.41) is 6.39. The van der Waals surface area contributed by atoms with E-state index < -0.39 is 0 Å². The molecule has 0 radical (unpaired) electrons. The number of ether oxygens (including phenoxy) is 1. The number of allylic oxidation sites excluding steroid dienone is 1. The zero-order valence-corrected chi connectivity index (χ0v) is 20.9. The largest absolute Gasteiger partial charge is 0.359 e. The third-order valence-electron chi connectivity index (χ3n) is 10.3. The van der Waals surface area contributed by atoms with Crippen LogP contribution in [-0.2, 0) is 4.74 Å². The van der Waals surface area contributed by atoms with E-state index in [1.807, 2.05) is 12.4 Å². The molecule has 1 N–H and O–H groups in total. The Hall–Kier alpha value is -1.97. The minimum absolute atomic E-state index is 0.0207. The lowest BCUT2D eigenvalue weighted by molar-refractivity contribution is -0.136. The highest BCUT2D eigenvalue weighted by molar-refractivity contribution is 5.82. The third-order valence-corrected chi connectivity index (χ3v) is 10.3. The van der Waals surface area contributed by atoms with Gasteiger partial charge in [0.2, 0.25) is 0 Å². The van der Waals surface area contributed by atoms with Gasteiger partial charge in [-0.1, -0.05) is 45.1 Å². The smallest absolute Gasteiger partial charge is 0.0974 e. The number of rotatable bonds is 3. The lowest BCUT2D eigenvalue weighted by Crippen LogP contribution is -2.55. The van der Waals surface area contributed by atoms with Crippen molar-refractivity contribution in [2.24, 2.45) is 11.3 Å². The molecule has 2 bridgehead atoms. The second-order valence-electron chi connectivity index (χ2n) is 12.5. The summed E-state index contributed by atoms with van der Waals surface area (Å²) in [6.45, 7) is 7.12. The predicted molar refractivity (Wildman–Crippen MR) is 138 cm³/mol. The summed E-state index contributed by atoms with van der Waals surface area (Å²) in [5.74, 6) is 1.19. The Morgan fingerprint density at radius 2 is 2.00 bits per heavy atom. The molecule has 3 aliphatic carbocycles. The lowest BCUT2D eigenvalue weighted by atomic mass is 9.58. The van der Waals surface area contributed by atoms with Gasteiger partial charge >= 0.3 is 0 Å². The highest BCUT2D eigenvalue weighted by Crippen LogP contribution is 2.69. The van der Waals surface area contributed by atoms with Gasteiger partial charge < -0.3 is 10.1 Å². The van der Waals surface area contributed by atoms with Crippen molar-refractivity contribution in [2.75, 3.05) is 0 Å². The number of benzene rings is 1. The molecule has 2 aliphatic heterocycles. The molecule has 178 valence electrons. The molecular weight excluding hydrogens is 416 g/mol. The van der Waals surface area contributed by atoms with E-state index in [9.17, 15) is 0 Å². The Bertz CT molecular complexity index is 1210. The van der Waals surface area contributed by atoms with Gasteiger partial charge in [-0.3, -0.25) is 4.98 Å². The summed E-state index contributed by atoms with van der Waals surface area (Å²) < 4.78 is 7.44. The van der Waals surface area contributed by atoms with E-state index in [2.05, 4.69) is 67.5 Å². The van der Waals surface area contributed by atoms with Gasteiger partial charge in [0.15, 0.2) is 0 Å². The van der Waals surface area contributed by atoms with E-state index in [0.717, 1.165) is 6.42 Å². The van der Waals surface area contributed by atoms with Crippen LogP contribution in [0.5, 0.6) is 0 Å². The Balaban J connectivity index is 1.25. The van der Waals surface area contributed by atoms with Gasteiger partial charge in [-0.25, -0.2) is 0 Å². The average Bonchev–Trinajstić information content (AvgIpc) is 3.33. The molecule has 3 heteroatoms. The van der Waals surface area contributed by atoms with Crippen LogP contribution in [0.3, 0.4) is 0 Å². The van der Waals surface area contributed by atoms with Crippen molar-refractivity contribution in [3.8, 4) is 0 Å². The van der Waals surface area contributed by atoms with E-state index >= 15 is 0 Å². The first-order valence-electron chi connectivity index (χ1n) is 13.6.